The van der Waals surface area contributed by atoms with Gasteiger partial charge in [0.15, 0.2) is 0 Å². The van der Waals surface area contributed by atoms with E-state index in [1.165, 1.54) is 26.2 Å². The number of carbonyl (C=O) groups is 1. The number of piperazine rings is 1. The lowest BCUT2D eigenvalue weighted by Gasteiger charge is -2.34. The Labute approximate surface area is 165 Å². The lowest BCUT2D eigenvalue weighted by Crippen LogP contribution is -2.49. The van der Waals surface area contributed by atoms with E-state index < -0.39 is 10.0 Å². The number of rotatable bonds is 6. The van der Waals surface area contributed by atoms with Crippen LogP contribution in [0.15, 0.2) is 47.6 Å². The van der Waals surface area contributed by atoms with Crippen LogP contribution in [0.1, 0.15) is 0 Å². The Kier molecular flexibility index (Phi) is 6.22. The minimum atomic E-state index is -3.48. The molecule has 0 saturated carbocycles. The van der Waals surface area contributed by atoms with E-state index in [2.05, 4.69) is 25.1 Å². The average molecular weight is 404 g/mol. The molecule has 1 aromatic heterocycles. The number of carbonyl (C=O) groups excluding carboxylic acids is 1. The number of anilines is 2. The van der Waals surface area contributed by atoms with Crippen molar-refractivity contribution in [1.82, 2.24) is 19.2 Å². The molecule has 2 heterocycles. The van der Waals surface area contributed by atoms with E-state index in [1.54, 1.807) is 30.6 Å². The number of nitrogens with one attached hydrogen (secondary N) is 1. The molecular formula is C18H24N6O3S. The third-order valence-corrected chi connectivity index (χ3v) is 6.32. The van der Waals surface area contributed by atoms with Gasteiger partial charge in [-0.2, -0.15) is 0 Å². The maximum atomic E-state index is 12.3. The summed E-state index contributed by atoms with van der Waals surface area (Å²) in [4.78, 5) is 25.2. The van der Waals surface area contributed by atoms with Crippen molar-refractivity contribution in [3.8, 4) is 0 Å². The van der Waals surface area contributed by atoms with Gasteiger partial charge in [-0.1, -0.05) is 0 Å². The molecule has 28 heavy (non-hydrogen) atoms. The highest BCUT2D eigenvalue weighted by Gasteiger charge is 2.21. The van der Waals surface area contributed by atoms with Gasteiger partial charge in [-0.15, -0.1) is 0 Å². The van der Waals surface area contributed by atoms with Crippen molar-refractivity contribution >= 4 is 27.6 Å². The first-order valence-electron chi connectivity index (χ1n) is 8.93. The van der Waals surface area contributed by atoms with Crippen molar-refractivity contribution in [2.75, 3.05) is 57.0 Å². The van der Waals surface area contributed by atoms with Gasteiger partial charge in [0.1, 0.15) is 0 Å². The number of aromatic nitrogens is 2. The lowest BCUT2D eigenvalue weighted by atomic mass is 10.3. The molecule has 2 aromatic rings. The van der Waals surface area contributed by atoms with Gasteiger partial charge in [-0.25, -0.2) is 22.7 Å². The molecule has 1 saturated heterocycles. The van der Waals surface area contributed by atoms with E-state index in [-0.39, 0.29) is 17.3 Å². The molecule has 0 spiro atoms. The molecule has 150 valence electrons. The van der Waals surface area contributed by atoms with Gasteiger partial charge in [0.05, 0.1) is 11.4 Å². The summed E-state index contributed by atoms with van der Waals surface area (Å²) in [6, 6.07) is 7.96. The number of hydrogen-bond acceptors (Lipinski definition) is 7. The molecule has 3 rings (SSSR count). The van der Waals surface area contributed by atoms with Crippen LogP contribution in [0.5, 0.6) is 0 Å². The first kappa shape index (κ1) is 20.2. The minimum absolute atomic E-state index is 0.132. The molecule has 1 fully saturated rings. The number of amides is 1. The van der Waals surface area contributed by atoms with Gasteiger partial charge >= 0.3 is 0 Å². The molecule has 0 radical (unpaired) electrons. The zero-order valence-corrected chi connectivity index (χ0v) is 16.8. The first-order chi connectivity index (χ1) is 13.4. The fraction of sp³-hybridized carbons (Fsp3) is 0.389. The van der Waals surface area contributed by atoms with Gasteiger partial charge < -0.3 is 10.2 Å². The lowest BCUT2D eigenvalue weighted by molar-refractivity contribution is -0.117. The van der Waals surface area contributed by atoms with Gasteiger partial charge in [0.25, 0.3) is 0 Å². The maximum absolute atomic E-state index is 12.3. The van der Waals surface area contributed by atoms with Crippen molar-refractivity contribution in [3.05, 3.63) is 42.7 Å². The van der Waals surface area contributed by atoms with Crippen LogP contribution in [-0.2, 0) is 14.8 Å². The minimum Gasteiger partial charge on any atom is -0.338 e. The number of sulfonamides is 1. The summed E-state index contributed by atoms with van der Waals surface area (Å²) in [5.74, 6) is 0.576. The maximum Gasteiger partial charge on any atom is 0.242 e. The average Bonchev–Trinajstić information content (AvgIpc) is 2.69. The summed E-state index contributed by atoms with van der Waals surface area (Å²) in [6.07, 6.45) is 3.44. The zero-order chi connectivity index (χ0) is 20.1. The van der Waals surface area contributed by atoms with Gasteiger partial charge in [0, 0.05) is 58.4 Å². The Morgan fingerprint density at radius 3 is 2.25 bits per heavy atom. The molecule has 0 unspecified atom stereocenters. The first-order valence-corrected chi connectivity index (χ1v) is 10.4. The van der Waals surface area contributed by atoms with Crippen LogP contribution in [0, 0.1) is 0 Å². The van der Waals surface area contributed by atoms with Crippen molar-refractivity contribution in [3.63, 3.8) is 0 Å². The molecule has 1 aliphatic rings. The second-order valence-electron chi connectivity index (χ2n) is 6.67. The van der Waals surface area contributed by atoms with Crippen molar-refractivity contribution in [2.45, 2.75) is 4.90 Å². The molecular weight excluding hydrogens is 380 g/mol. The molecule has 1 aliphatic heterocycles. The zero-order valence-electron chi connectivity index (χ0n) is 15.9. The van der Waals surface area contributed by atoms with Crippen LogP contribution >= 0.6 is 0 Å². The SMILES string of the molecule is CN(C)S(=O)(=O)c1ccc(NC(=O)CN2CCN(c3ncccn3)CC2)cc1. The van der Waals surface area contributed by atoms with E-state index in [0.717, 1.165) is 30.5 Å². The van der Waals surface area contributed by atoms with Crippen LogP contribution in [0.25, 0.3) is 0 Å². The Morgan fingerprint density at radius 2 is 1.68 bits per heavy atom. The van der Waals surface area contributed by atoms with Crippen LogP contribution in [0.2, 0.25) is 0 Å². The quantitative estimate of drug-likeness (QED) is 0.748. The number of nitrogens with zero attached hydrogens (tertiary/aromatic N) is 5. The summed E-state index contributed by atoms with van der Waals surface area (Å²) in [6.45, 7) is 3.28. The Morgan fingerprint density at radius 1 is 1.07 bits per heavy atom. The van der Waals surface area contributed by atoms with Crippen molar-refractivity contribution < 1.29 is 13.2 Å². The predicted octanol–water partition coefficient (Wildman–Crippen LogP) is 0.488. The van der Waals surface area contributed by atoms with Crippen LogP contribution < -0.4 is 10.2 Å². The number of benzene rings is 1. The predicted molar refractivity (Wildman–Crippen MR) is 107 cm³/mol. The highest BCUT2D eigenvalue weighted by Crippen LogP contribution is 2.17. The van der Waals surface area contributed by atoms with Crippen molar-refractivity contribution in [2.24, 2.45) is 0 Å². The highest BCUT2D eigenvalue weighted by atomic mass is 32.2. The fourth-order valence-electron chi connectivity index (χ4n) is 2.89. The molecule has 10 heteroatoms. The normalized spacial score (nSPS) is 15.6. The van der Waals surface area contributed by atoms with E-state index in [1.807, 2.05) is 0 Å². The Bertz CT molecular complexity index is 895. The summed E-state index contributed by atoms with van der Waals surface area (Å²) >= 11 is 0. The smallest absolute Gasteiger partial charge is 0.242 e. The van der Waals surface area contributed by atoms with Crippen LogP contribution in [-0.4, -0.2) is 80.3 Å². The summed E-state index contributed by atoms with van der Waals surface area (Å²) in [5, 5.41) is 2.81. The standard InChI is InChI=1S/C18H24N6O3S/c1-22(2)28(26,27)16-6-4-15(5-7-16)21-17(25)14-23-10-12-24(13-11-23)18-19-8-3-9-20-18/h3-9H,10-14H2,1-2H3,(H,21,25). The topological polar surface area (TPSA) is 98.7 Å². The van der Waals surface area contributed by atoms with Gasteiger partial charge in [-0.05, 0) is 30.3 Å². The largest absolute Gasteiger partial charge is 0.338 e. The summed E-state index contributed by atoms with van der Waals surface area (Å²) in [5.41, 5.74) is 0.569. The summed E-state index contributed by atoms with van der Waals surface area (Å²) < 4.78 is 25.3. The molecule has 0 bridgehead atoms. The van der Waals surface area contributed by atoms with E-state index >= 15 is 0 Å². The highest BCUT2D eigenvalue weighted by molar-refractivity contribution is 7.89. The van der Waals surface area contributed by atoms with E-state index in [9.17, 15) is 13.2 Å². The summed E-state index contributed by atoms with van der Waals surface area (Å²) in [7, 11) is -0.514. The molecule has 0 aliphatic carbocycles. The van der Waals surface area contributed by atoms with Crippen LogP contribution in [0.3, 0.4) is 0 Å². The van der Waals surface area contributed by atoms with Crippen molar-refractivity contribution in [1.29, 1.82) is 0 Å². The third-order valence-electron chi connectivity index (χ3n) is 4.49. The number of hydrogen-bond donors (Lipinski definition) is 1. The monoisotopic (exact) mass is 404 g/mol. The second-order valence-corrected chi connectivity index (χ2v) is 8.82. The van der Waals surface area contributed by atoms with Gasteiger partial charge in [0.2, 0.25) is 21.9 Å². The van der Waals surface area contributed by atoms with Gasteiger partial charge in [-0.3, -0.25) is 9.69 Å². The molecule has 0 atom stereocenters. The second kappa shape index (κ2) is 8.63. The van der Waals surface area contributed by atoms with E-state index in [4.69, 9.17) is 0 Å². The Balaban J connectivity index is 1.50. The molecule has 1 aromatic carbocycles. The molecule has 1 N–H and O–H groups in total. The molecule has 9 nitrogen and oxygen atoms in total. The fourth-order valence-corrected chi connectivity index (χ4v) is 3.79. The third kappa shape index (κ3) is 4.83. The van der Waals surface area contributed by atoms with E-state index in [0.29, 0.717) is 11.6 Å². The molecule has 1 amide bonds. The van der Waals surface area contributed by atoms with Crippen LogP contribution in [0.4, 0.5) is 11.6 Å². The Hall–Kier alpha value is -2.56.